The largest absolute Gasteiger partial charge is 0.462 e. The van der Waals surface area contributed by atoms with Crippen LogP contribution in [0.3, 0.4) is 0 Å². The van der Waals surface area contributed by atoms with E-state index in [1.165, 1.54) is 0 Å². The zero-order valence-corrected chi connectivity index (χ0v) is 20.8. The third-order valence-electron chi connectivity index (χ3n) is 5.91. The number of nitrogens with zero attached hydrogens (tertiary/aromatic N) is 3. The number of amides is 1. The van der Waals surface area contributed by atoms with Gasteiger partial charge in [0.05, 0.1) is 13.2 Å². The molecule has 0 unspecified atom stereocenters. The predicted octanol–water partition coefficient (Wildman–Crippen LogP) is 2.10. The van der Waals surface area contributed by atoms with Crippen molar-refractivity contribution in [3.8, 4) is 0 Å². The van der Waals surface area contributed by atoms with Crippen LogP contribution in [-0.4, -0.2) is 69.1 Å². The van der Waals surface area contributed by atoms with Crippen LogP contribution in [-0.2, 0) is 26.6 Å². The third-order valence-corrected chi connectivity index (χ3v) is 7.72. The Morgan fingerprint density at radius 3 is 2.24 bits per heavy atom. The van der Waals surface area contributed by atoms with E-state index < -0.39 is 16.0 Å². The first-order valence-electron chi connectivity index (χ1n) is 10.7. The highest BCUT2D eigenvalue weighted by Crippen LogP contribution is 2.27. The Balaban J connectivity index is 1.66. The summed E-state index contributed by atoms with van der Waals surface area (Å²) in [6.07, 6.45) is 0. The minimum Gasteiger partial charge on any atom is -0.462 e. The molecule has 1 saturated heterocycles. The van der Waals surface area contributed by atoms with Gasteiger partial charge in [-0.3, -0.25) is 4.79 Å². The van der Waals surface area contributed by atoms with Crippen molar-refractivity contribution in [1.82, 2.24) is 14.2 Å². The average molecular weight is 497 g/mol. The number of esters is 1. The summed E-state index contributed by atoms with van der Waals surface area (Å²) in [5.74, 6) is -1.03. The maximum absolute atomic E-state index is 13.1. The lowest BCUT2D eigenvalue weighted by Gasteiger charge is -2.36. The standard InChI is InChI=1S/C22H29ClN4O5S/c1-5-32-22(29)20-15(2)25(4)16(3)21(20)33(30,31)24-14-19(28)27-12-10-26(11-13-27)18-8-6-17(23)7-9-18/h6-9,24H,5,10-14H2,1-4H3. The van der Waals surface area contributed by atoms with Gasteiger partial charge in [0.1, 0.15) is 10.5 Å². The number of aromatic nitrogens is 1. The number of ether oxygens (including phenoxy) is 1. The fourth-order valence-electron chi connectivity index (χ4n) is 3.90. The highest BCUT2D eigenvalue weighted by Gasteiger charge is 2.32. The van der Waals surface area contributed by atoms with E-state index >= 15 is 0 Å². The van der Waals surface area contributed by atoms with Crippen LogP contribution < -0.4 is 9.62 Å². The Morgan fingerprint density at radius 2 is 1.67 bits per heavy atom. The Morgan fingerprint density at radius 1 is 1.06 bits per heavy atom. The number of sulfonamides is 1. The summed E-state index contributed by atoms with van der Waals surface area (Å²) in [6, 6.07) is 7.50. The smallest absolute Gasteiger partial charge is 0.341 e. The molecule has 3 rings (SSSR count). The third kappa shape index (κ3) is 5.34. The first kappa shape index (κ1) is 25.1. The van der Waals surface area contributed by atoms with Crippen LogP contribution in [0, 0.1) is 13.8 Å². The molecule has 1 aromatic heterocycles. The maximum atomic E-state index is 13.1. The molecule has 0 atom stereocenters. The molecule has 9 nitrogen and oxygen atoms in total. The second-order valence-electron chi connectivity index (χ2n) is 7.82. The van der Waals surface area contributed by atoms with E-state index in [9.17, 15) is 18.0 Å². The Bertz CT molecular complexity index is 1140. The second-order valence-corrected chi connectivity index (χ2v) is 9.96. The monoisotopic (exact) mass is 496 g/mol. The highest BCUT2D eigenvalue weighted by molar-refractivity contribution is 7.89. The number of hydrogen-bond donors (Lipinski definition) is 1. The molecule has 0 radical (unpaired) electrons. The van der Waals surface area contributed by atoms with Crippen molar-refractivity contribution in [2.75, 3.05) is 44.2 Å². The van der Waals surface area contributed by atoms with Gasteiger partial charge in [0.15, 0.2) is 0 Å². The van der Waals surface area contributed by atoms with Gasteiger partial charge in [0.2, 0.25) is 15.9 Å². The van der Waals surface area contributed by atoms with Gasteiger partial charge in [-0.15, -0.1) is 0 Å². The fourth-order valence-corrected chi connectivity index (χ4v) is 5.51. The van der Waals surface area contributed by atoms with Crippen LogP contribution in [0.15, 0.2) is 29.2 Å². The number of carbonyl (C=O) groups is 2. The van der Waals surface area contributed by atoms with E-state index in [1.54, 1.807) is 37.3 Å². The quantitative estimate of drug-likeness (QED) is 0.589. The minimum absolute atomic E-state index is 0.00613. The molecule has 1 N–H and O–H groups in total. The number of halogens is 1. The predicted molar refractivity (Wildman–Crippen MR) is 126 cm³/mol. The molecule has 1 amide bonds. The molecule has 2 heterocycles. The molecule has 0 bridgehead atoms. The summed E-state index contributed by atoms with van der Waals surface area (Å²) in [7, 11) is -2.44. The molecule has 0 saturated carbocycles. The summed E-state index contributed by atoms with van der Waals surface area (Å²) in [5, 5.41) is 0.662. The van der Waals surface area contributed by atoms with Crippen molar-refractivity contribution >= 4 is 39.2 Å². The van der Waals surface area contributed by atoms with Crippen molar-refractivity contribution in [3.05, 3.63) is 46.2 Å². The lowest BCUT2D eigenvalue weighted by Crippen LogP contribution is -2.51. The lowest BCUT2D eigenvalue weighted by atomic mass is 10.2. The molecule has 1 aliphatic heterocycles. The van der Waals surface area contributed by atoms with Crippen molar-refractivity contribution in [2.24, 2.45) is 7.05 Å². The van der Waals surface area contributed by atoms with Crippen LogP contribution in [0.1, 0.15) is 28.7 Å². The topological polar surface area (TPSA) is 101 Å². The Hall–Kier alpha value is -2.56. The van der Waals surface area contributed by atoms with Crippen LogP contribution in [0.25, 0.3) is 0 Å². The first-order chi connectivity index (χ1) is 15.6. The van der Waals surface area contributed by atoms with E-state index in [4.69, 9.17) is 16.3 Å². The molecule has 1 aliphatic rings. The van der Waals surface area contributed by atoms with Crippen molar-refractivity contribution < 1.29 is 22.7 Å². The average Bonchev–Trinajstić information content (AvgIpc) is 3.03. The maximum Gasteiger partial charge on any atom is 0.341 e. The van der Waals surface area contributed by atoms with Gasteiger partial charge in [-0.2, -0.15) is 0 Å². The molecule has 180 valence electrons. The Labute approximate surface area is 199 Å². The molecule has 0 aliphatic carbocycles. The van der Waals surface area contributed by atoms with Gasteiger partial charge >= 0.3 is 5.97 Å². The van der Waals surface area contributed by atoms with Gasteiger partial charge in [0.25, 0.3) is 0 Å². The fraction of sp³-hybridized carbons (Fsp3) is 0.455. The lowest BCUT2D eigenvalue weighted by molar-refractivity contribution is -0.130. The normalized spacial score (nSPS) is 14.5. The molecule has 1 fully saturated rings. The zero-order valence-electron chi connectivity index (χ0n) is 19.2. The van der Waals surface area contributed by atoms with Gasteiger partial charge < -0.3 is 19.1 Å². The van der Waals surface area contributed by atoms with Crippen molar-refractivity contribution in [1.29, 1.82) is 0 Å². The molecule has 33 heavy (non-hydrogen) atoms. The molecule has 11 heteroatoms. The molecular formula is C22H29ClN4O5S. The number of piperazine rings is 1. The summed E-state index contributed by atoms with van der Waals surface area (Å²) in [6.45, 7) is 6.86. The van der Waals surface area contributed by atoms with Crippen LogP contribution in [0.4, 0.5) is 5.69 Å². The zero-order chi connectivity index (χ0) is 24.3. The molecular weight excluding hydrogens is 468 g/mol. The number of benzene rings is 1. The molecule has 2 aromatic rings. The number of anilines is 1. The summed E-state index contributed by atoms with van der Waals surface area (Å²) in [4.78, 5) is 28.8. The van der Waals surface area contributed by atoms with E-state index in [1.807, 2.05) is 24.3 Å². The molecule has 0 spiro atoms. The minimum atomic E-state index is -4.12. The summed E-state index contributed by atoms with van der Waals surface area (Å²) < 4.78 is 35.2. The van der Waals surface area contributed by atoms with E-state index in [0.29, 0.717) is 42.6 Å². The highest BCUT2D eigenvalue weighted by atomic mass is 35.5. The van der Waals surface area contributed by atoms with Crippen LogP contribution in [0.2, 0.25) is 5.02 Å². The second kappa shape index (κ2) is 10.1. The summed E-state index contributed by atoms with van der Waals surface area (Å²) >= 11 is 5.94. The van der Waals surface area contributed by atoms with Crippen molar-refractivity contribution in [3.63, 3.8) is 0 Å². The molecule has 1 aromatic carbocycles. The van der Waals surface area contributed by atoms with Crippen LogP contribution in [0.5, 0.6) is 0 Å². The number of nitrogens with one attached hydrogen (secondary N) is 1. The van der Waals surface area contributed by atoms with Gasteiger partial charge in [-0.25, -0.2) is 17.9 Å². The first-order valence-corrected chi connectivity index (χ1v) is 12.5. The van der Waals surface area contributed by atoms with Gasteiger partial charge in [0, 0.05) is 55.3 Å². The van der Waals surface area contributed by atoms with Crippen LogP contribution >= 0.6 is 11.6 Å². The van der Waals surface area contributed by atoms with Crippen molar-refractivity contribution in [2.45, 2.75) is 25.7 Å². The number of rotatable bonds is 7. The SMILES string of the molecule is CCOC(=O)c1c(S(=O)(=O)NCC(=O)N2CCN(c3ccc(Cl)cc3)CC2)c(C)n(C)c1C. The van der Waals surface area contributed by atoms with E-state index in [0.717, 1.165) is 5.69 Å². The summed E-state index contributed by atoms with van der Waals surface area (Å²) in [5.41, 5.74) is 1.89. The van der Waals surface area contributed by atoms with E-state index in [-0.39, 0.29) is 29.5 Å². The Kier molecular flexibility index (Phi) is 7.71. The van der Waals surface area contributed by atoms with Gasteiger partial charge in [-0.05, 0) is 45.0 Å². The van der Waals surface area contributed by atoms with Gasteiger partial charge in [-0.1, -0.05) is 11.6 Å². The number of carbonyl (C=O) groups excluding carboxylic acids is 2. The number of hydrogen-bond acceptors (Lipinski definition) is 6. The van der Waals surface area contributed by atoms with E-state index in [2.05, 4.69) is 9.62 Å².